The lowest BCUT2D eigenvalue weighted by molar-refractivity contribution is 0.0942. The Kier molecular flexibility index (Phi) is 8.26. The number of piperidine rings is 1. The highest BCUT2D eigenvalue weighted by atomic mass is 15.1. The minimum Gasteiger partial charge on any atom is -0.312 e. The number of hydrogen-bond donors (Lipinski definition) is 1. The Labute approximate surface area is 134 Å². The van der Waals surface area contributed by atoms with Crippen molar-refractivity contribution in [3.8, 4) is 0 Å². The molecule has 0 aliphatic carbocycles. The summed E-state index contributed by atoms with van der Waals surface area (Å²) in [7, 11) is 0. The van der Waals surface area contributed by atoms with E-state index in [1.54, 1.807) is 0 Å². The predicted molar refractivity (Wildman–Crippen MR) is 94.9 cm³/mol. The molecule has 21 heavy (non-hydrogen) atoms. The second-order valence-electron chi connectivity index (χ2n) is 8.14. The van der Waals surface area contributed by atoms with Crippen LogP contribution in [0.2, 0.25) is 0 Å². The molecule has 1 heterocycles. The topological polar surface area (TPSA) is 15.3 Å². The van der Waals surface area contributed by atoms with Crippen molar-refractivity contribution in [2.75, 3.05) is 26.2 Å². The summed E-state index contributed by atoms with van der Waals surface area (Å²) in [6, 6.07) is 0. The minimum absolute atomic E-state index is 0.277. The van der Waals surface area contributed by atoms with Gasteiger partial charge in [0.15, 0.2) is 0 Å². The van der Waals surface area contributed by atoms with Gasteiger partial charge in [0, 0.05) is 5.54 Å². The van der Waals surface area contributed by atoms with Crippen LogP contribution < -0.4 is 5.32 Å². The maximum Gasteiger partial charge on any atom is 0.00965 e. The molecule has 1 rings (SSSR count). The molecule has 0 aromatic carbocycles. The molecule has 0 unspecified atom stereocenters. The SMILES string of the molecule is CCC1(CC)CCN(CCCCCCNC(C)(C)C)CC1. The molecule has 0 radical (unpaired) electrons. The molecule has 0 aromatic rings. The average Bonchev–Trinajstić information content (AvgIpc) is 2.46. The van der Waals surface area contributed by atoms with Gasteiger partial charge in [0.2, 0.25) is 0 Å². The molecule has 0 aromatic heterocycles. The normalized spacial score (nSPS) is 19.9. The van der Waals surface area contributed by atoms with Gasteiger partial charge < -0.3 is 10.2 Å². The van der Waals surface area contributed by atoms with E-state index in [0.717, 1.165) is 0 Å². The number of hydrogen-bond acceptors (Lipinski definition) is 2. The van der Waals surface area contributed by atoms with E-state index >= 15 is 0 Å². The first kappa shape index (κ1) is 19.0. The number of nitrogens with zero attached hydrogens (tertiary/aromatic N) is 1. The second kappa shape index (κ2) is 9.15. The van der Waals surface area contributed by atoms with E-state index in [9.17, 15) is 0 Å². The summed E-state index contributed by atoms with van der Waals surface area (Å²) in [5.41, 5.74) is 0.952. The van der Waals surface area contributed by atoms with Crippen LogP contribution in [0.4, 0.5) is 0 Å². The van der Waals surface area contributed by atoms with Crippen LogP contribution in [0.5, 0.6) is 0 Å². The zero-order chi connectivity index (χ0) is 15.8. The largest absolute Gasteiger partial charge is 0.312 e. The van der Waals surface area contributed by atoms with Crippen molar-refractivity contribution in [2.45, 2.75) is 91.5 Å². The molecular weight excluding hydrogens is 256 g/mol. The van der Waals surface area contributed by atoms with Crippen molar-refractivity contribution in [2.24, 2.45) is 5.41 Å². The monoisotopic (exact) mass is 296 g/mol. The van der Waals surface area contributed by atoms with Crippen molar-refractivity contribution in [3.05, 3.63) is 0 Å². The molecule has 126 valence electrons. The first-order chi connectivity index (χ1) is 9.91. The molecule has 0 atom stereocenters. The molecule has 0 amide bonds. The summed E-state index contributed by atoms with van der Waals surface area (Å²) in [6.45, 7) is 16.7. The van der Waals surface area contributed by atoms with Crippen LogP contribution in [0.3, 0.4) is 0 Å². The molecule has 0 saturated carbocycles. The number of rotatable bonds is 9. The maximum atomic E-state index is 3.57. The Bertz CT molecular complexity index is 253. The fourth-order valence-corrected chi connectivity index (χ4v) is 3.49. The third kappa shape index (κ3) is 7.65. The summed E-state index contributed by atoms with van der Waals surface area (Å²) >= 11 is 0. The summed E-state index contributed by atoms with van der Waals surface area (Å²) in [5.74, 6) is 0. The van der Waals surface area contributed by atoms with Gasteiger partial charge in [0.1, 0.15) is 0 Å². The van der Waals surface area contributed by atoms with Crippen molar-refractivity contribution >= 4 is 0 Å². The second-order valence-corrected chi connectivity index (χ2v) is 8.14. The Balaban J connectivity index is 2.00. The Hall–Kier alpha value is -0.0800. The molecule has 1 aliphatic heterocycles. The Morgan fingerprint density at radius 1 is 0.905 bits per heavy atom. The van der Waals surface area contributed by atoms with E-state index < -0.39 is 0 Å². The summed E-state index contributed by atoms with van der Waals surface area (Å²) in [4.78, 5) is 2.71. The molecule has 1 aliphatic rings. The molecular formula is C19H40N2. The van der Waals surface area contributed by atoms with Crippen LogP contribution in [-0.4, -0.2) is 36.6 Å². The van der Waals surface area contributed by atoms with Crippen LogP contribution in [-0.2, 0) is 0 Å². The number of likely N-dealkylation sites (tertiary alicyclic amines) is 1. The van der Waals surface area contributed by atoms with Crippen LogP contribution in [0.1, 0.15) is 86.0 Å². The van der Waals surface area contributed by atoms with Crippen molar-refractivity contribution in [1.82, 2.24) is 10.2 Å². The van der Waals surface area contributed by atoms with Crippen LogP contribution in [0.15, 0.2) is 0 Å². The van der Waals surface area contributed by atoms with Gasteiger partial charge in [0.25, 0.3) is 0 Å². The van der Waals surface area contributed by atoms with Gasteiger partial charge in [-0.15, -0.1) is 0 Å². The Morgan fingerprint density at radius 2 is 1.48 bits per heavy atom. The predicted octanol–water partition coefficient (Wildman–Crippen LogP) is 4.84. The van der Waals surface area contributed by atoms with E-state index in [1.807, 2.05) is 0 Å². The van der Waals surface area contributed by atoms with E-state index in [2.05, 4.69) is 44.8 Å². The molecule has 1 saturated heterocycles. The lowest BCUT2D eigenvalue weighted by Crippen LogP contribution is -2.40. The molecule has 2 heteroatoms. The quantitative estimate of drug-likeness (QED) is 0.613. The summed E-state index contributed by atoms with van der Waals surface area (Å²) < 4.78 is 0. The number of nitrogens with one attached hydrogen (secondary N) is 1. The first-order valence-corrected chi connectivity index (χ1v) is 9.38. The van der Waals surface area contributed by atoms with Gasteiger partial charge in [-0.3, -0.25) is 0 Å². The van der Waals surface area contributed by atoms with Gasteiger partial charge in [-0.05, 0) is 78.0 Å². The fraction of sp³-hybridized carbons (Fsp3) is 1.00. The van der Waals surface area contributed by atoms with E-state index in [4.69, 9.17) is 0 Å². The standard InChI is InChI=1S/C19H40N2/c1-6-19(7-2)12-16-21(17-13-19)15-11-9-8-10-14-20-18(3,4)5/h20H,6-17H2,1-5H3. The van der Waals surface area contributed by atoms with Gasteiger partial charge in [-0.25, -0.2) is 0 Å². The Morgan fingerprint density at radius 3 is 2.00 bits per heavy atom. The highest BCUT2D eigenvalue weighted by Gasteiger charge is 2.30. The highest BCUT2D eigenvalue weighted by molar-refractivity contribution is 4.83. The van der Waals surface area contributed by atoms with Crippen LogP contribution in [0.25, 0.3) is 0 Å². The lowest BCUT2D eigenvalue weighted by Gasteiger charge is -2.41. The molecule has 1 fully saturated rings. The third-order valence-corrected chi connectivity index (χ3v) is 5.47. The van der Waals surface area contributed by atoms with Gasteiger partial charge in [-0.1, -0.05) is 39.5 Å². The van der Waals surface area contributed by atoms with Gasteiger partial charge in [-0.2, -0.15) is 0 Å². The fourth-order valence-electron chi connectivity index (χ4n) is 3.49. The van der Waals surface area contributed by atoms with Crippen molar-refractivity contribution in [1.29, 1.82) is 0 Å². The molecule has 1 N–H and O–H groups in total. The zero-order valence-corrected chi connectivity index (χ0v) is 15.4. The van der Waals surface area contributed by atoms with Crippen LogP contribution >= 0.6 is 0 Å². The van der Waals surface area contributed by atoms with E-state index in [-0.39, 0.29) is 5.54 Å². The molecule has 0 spiro atoms. The van der Waals surface area contributed by atoms with Gasteiger partial charge in [0.05, 0.1) is 0 Å². The lowest BCUT2D eigenvalue weighted by atomic mass is 9.74. The average molecular weight is 297 g/mol. The van der Waals surface area contributed by atoms with Crippen molar-refractivity contribution in [3.63, 3.8) is 0 Å². The van der Waals surface area contributed by atoms with Crippen LogP contribution in [0, 0.1) is 5.41 Å². The smallest absolute Gasteiger partial charge is 0.00965 e. The number of unbranched alkanes of at least 4 members (excludes halogenated alkanes) is 3. The summed E-state index contributed by atoms with van der Waals surface area (Å²) in [6.07, 6.45) is 11.1. The first-order valence-electron chi connectivity index (χ1n) is 9.38. The van der Waals surface area contributed by atoms with Gasteiger partial charge >= 0.3 is 0 Å². The minimum atomic E-state index is 0.277. The van der Waals surface area contributed by atoms with E-state index in [0.29, 0.717) is 5.41 Å². The van der Waals surface area contributed by atoms with E-state index in [1.165, 1.54) is 77.5 Å². The molecule has 0 bridgehead atoms. The highest BCUT2D eigenvalue weighted by Crippen LogP contribution is 2.37. The zero-order valence-electron chi connectivity index (χ0n) is 15.4. The van der Waals surface area contributed by atoms with Crippen molar-refractivity contribution < 1.29 is 0 Å². The maximum absolute atomic E-state index is 3.57. The summed E-state index contributed by atoms with van der Waals surface area (Å²) in [5, 5.41) is 3.57. The molecule has 2 nitrogen and oxygen atoms in total. The third-order valence-electron chi connectivity index (χ3n) is 5.47.